The SMILES string of the molecule is COc1ccc(-c2[nH]c3ccccc3c2CCC(=O)OCC(=O)Nc2ccc(F)cc2F)cc1. The van der Waals surface area contributed by atoms with Crippen LogP contribution in [0.3, 0.4) is 0 Å². The van der Waals surface area contributed by atoms with Crippen molar-refractivity contribution >= 4 is 28.5 Å². The van der Waals surface area contributed by atoms with Gasteiger partial charge in [0.2, 0.25) is 0 Å². The summed E-state index contributed by atoms with van der Waals surface area (Å²) in [6, 6.07) is 18.2. The fraction of sp³-hybridized carbons (Fsp3) is 0.154. The quantitative estimate of drug-likeness (QED) is 0.350. The number of fused-ring (bicyclic) bond motifs is 1. The molecular formula is C26H22F2N2O4. The number of halogens is 2. The third kappa shape index (κ3) is 5.23. The standard InChI is InChI=1S/C26H22F2N2O4/c1-33-18-9-6-16(7-10-18)26-20(19-4-2-3-5-22(19)30-26)11-13-25(32)34-15-24(31)29-23-12-8-17(27)14-21(23)28/h2-10,12,14,30H,11,13,15H2,1H3,(H,29,31). The number of esters is 1. The number of carbonyl (C=O) groups excluding carboxylic acids is 2. The van der Waals surface area contributed by atoms with Gasteiger partial charge in [-0.1, -0.05) is 18.2 Å². The van der Waals surface area contributed by atoms with Crippen LogP contribution >= 0.6 is 0 Å². The van der Waals surface area contributed by atoms with E-state index in [9.17, 15) is 18.4 Å². The second kappa shape index (κ2) is 10.2. The molecule has 0 saturated carbocycles. The monoisotopic (exact) mass is 464 g/mol. The molecule has 6 nitrogen and oxygen atoms in total. The zero-order valence-electron chi connectivity index (χ0n) is 18.4. The number of aromatic amines is 1. The number of H-pyrrole nitrogens is 1. The van der Waals surface area contributed by atoms with Crippen LogP contribution in [0.1, 0.15) is 12.0 Å². The second-order valence-corrected chi connectivity index (χ2v) is 7.59. The van der Waals surface area contributed by atoms with Crippen molar-refractivity contribution in [2.24, 2.45) is 0 Å². The topological polar surface area (TPSA) is 80.4 Å². The maximum Gasteiger partial charge on any atom is 0.306 e. The Morgan fingerprint density at radius 3 is 2.50 bits per heavy atom. The number of aromatic nitrogens is 1. The molecule has 1 aromatic heterocycles. The molecule has 1 amide bonds. The summed E-state index contributed by atoms with van der Waals surface area (Å²) in [5.41, 5.74) is 3.54. The highest BCUT2D eigenvalue weighted by Crippen LogP contribution is 2.32. The van der Waals surface area contributed by atoms with Crippen LogP contribution in [-0.2, 0) is 20.7 Å². The normalized spacial score (nSPS) is 10.8. The minimum atomic E-state index is -0.912. The number of anilines is 1. The first-order valence-corrected chi connectivity index (χ1v) is 10.6. The Morgan fingerprint density at radius 1 is 1.00 bits per heavy atom. The third-order valence-corrected chi connectivity index (χ3v) is 5.34. The van der Waals surface area contributed by atoms with Gasteiger partial charge in [-0.2, -0.15) is 0 Å². The minimum Gasteiger partial charge on any atom is -0.497 e. The Balaban J connectivity index is 1.41. The summed E-state index contributed by atoms with van der Waals surface area (Å²) >= 11 is 0. The predicted molar refractivity (Wildman–Crippen MR) is 125 cm³/mol. The van der Waals surface area contributed by atoms with Crippen LogP contribution in [-0.4, -0.2) is 30.6 Å². The summed E-state index contributed by atoms with van der Waals surface area (Å²) in [6.45, 7) is -0.575. The van der Waals surface area contributed by atoms with Crippen LogP contribution in [0.25, 0.3) is 22.2 Å². The molecule has 1 heterocycles. The first-order valence-electron chi connectivity index (χ1n) is 10.6. The van der Waals surface area contributed by atoms with E-state index in [1.165, 1.54) is 0 Å². The van der Waals surface area contributed by atoms with E-state index in [2.05, 4.69) is 10.3 Å². The van der Waals surface area contributed by atoms with Gasteiger partial charge in [0.05, 0.1) is 12.8 Å². The molecule has 0 saturated heterocycles. The first-order chi connectivity index (χ1) is 16.4. The van der Waals surface area contributed by atoms with E-state index in [0.29, 0.717) is 12.5 Å². The Bertz CT molecular complexity index is 1330. The van der Waals surface area contributed by atoms with E-state index in [1.807, 2.05) is 48.5 Å². The zero-order chi connectivity index (χ0) is 24.1. The number of aryl methyl sites for hydroxylation is 1. The number of hydrogen-bond donors (Lipinski definition) is 2. The molecule has 8 heteroatoms. The molecule has 0 radical (unpaired) electrons. The molecule has 2 N–H and O–H groups in total. The number of rotatable bonds is 8. The van der Waals surface area contributed by atoms with Crippen LogP contribution in [0.5, 0.6) is 5.75 Å². The Hall–Kier alpha value is -4.20. The molecule has 34 heavy (non-hydrogen) atoms. The van der Waals surface area contributed by atoms with E-state index in [4.69, 9.17) is 9.47 Å². The van der Waals surface area contributed by atoms with Crippen molar-refractivity contribution in [3.8, 4) is 17.0 Å². The van der Waals surface area contributed by atoms with Crippen molar-refractivity contribution < 1.29 is 27.8 Å². The van der Waals surface area contributed by atoms with Crippen LogP contribution in [0.4, 0.5) is 14.5 Å². The summed E-state index contributed by atoms with van der Waals surface area (Å²) in [7, 11) is 1.60. The lowest BCUT2D eigenvalue weighted by molar-refractivity contribution is -0.147. The van der Waals surface area contributed by atoms with E-state index in [0.717, 1.165) is 45.6 Å². The minimum absolute atomic E-state index is 0.0448. The van der Waals surface area contributed by atoms with Crippen molar-refractivity contribution in [3.05, 3.63) is 83.9 Å². The van der Waals surface area contributed by atoms with Gasteiger partial charge in [0, 0.05) is 29.1 Å². The number of benzene rings is 3. The van der Waals surface area contributed by atoms with E-state index in [-0.39, 0.29) is 12.1 Å². The smallest absolute Gasteiger partial charge is 0.306 e. The van der Waals surface area contributed by atoms with Gasteiger partial charge in [0.15, 0.2) is 6.61 Å². The number of ether oxygens (including phenoxy) is 2. The second-order valence-electron chi connectivity index (χ2n) is 7.59. The average molecular weight is 464 g/mol. The van der Waals surface area contributed by atoms with Crippen molar-refractivity contribution in [3.63, 3.8) is 0 Å². The number of amides is 1. The Kier molecular flexibility index (Phi) is 6.87. The number of methoxy groups -OCH3 is 1. The lowest BCUT2D eigenvalue weighted by atomic mass is 10.0. The molecule has 174 valence electrons. The maximum absolute atomic E-state index is 13.7. The van der Waals surface area contributed by atoms with Gasteiger partial charge >= 0.3 is 5.97 Å². The van der Waals surface area contributed by atoms with E-state index < -0.39 is 30.1 Å². The molecule has 0 aliphatic carbocycles. The molecule has 3 aromatic carbocycles. The maximum atomic E-state index is 13.7. The zero-order valence-corrected chi connectivity index (χ0v) is 18.4. The summed E-state index contributed by atoms with van der Waals surface area (Å²) in [5, 5.41) is 3.24. The summed E-state index contributed by atoms with van der Waals surface area (Å²) in [5.74, 6) is -2.22. The molecule has 0 aliphatic rings. The van der Waals surface area contributed by atoms with Gasteiger partial charge in [0.25, 0.3) is 5.91 Å². The van der Waals surface area contributed by atoms with Crippen LogP contribution < -0.4 is 10.1 Å². The number of para-hydroxylation sites is 1. The van der Waals surface area contributed by atoms with E-state index in [1.54, 1.807) is 7.11 Å². The number of carbonyl (C=O) groups is 2. The summed E-state index contributed by atoms with van der Waals surface area (Å²) < 4.78 is 36.9. The molecule has 0 spiro atoms. The highest BCUT2D eigenvalue weighted by atomic mass is 19.1. The third-order valence-electron chi connectivity index (χ3n) is 5.34. The molecule has 0 aliphatic heterocycles. The largest absolute Gasteiger partial charge is 0.497 e. The molecular weight excluding hydrogens is 442 g/mol. The highest BCUT2D eigenvalue weighted by molar-refractivity contribution is 5.93. The Morgan fingerprint density at radius 2 is 1.76 bits per heavy atom. The summed E-state index contributed by atoms with van der Waals surface area (Å²) in [4.78, 5) is 27.7. The number of nitrogens with one attached hydrogen (secondary N) is 2. The van der Waals surface area contributed by atoms with Gasteiger partial charge in [-0.25, -0.2) is 8.78 Å². The molecule has 0 unspecified atom stereocenters. The van der Waals surface area contributed by atoms with Gasteiger partial charge in [0.1, 0.15) is 17.4 Å². The fourth-order valence-electron chi connectivity index (χ4n) is 3.69. The first kappa shape index (κ1) is 23.0. The van der Waals surface area contributed by atoms with Crippen molar-refractivity contribution in [2.75, 3.05) is 19.0 Å². The summed E-state index contributed by atoms with van der Waals surface area (Å²) in [6.07, 6.45) is 0.432. The van der Waals surface area contributed by atoms with Crippen LogP contribution in [0.15, 0.2) is 66.7 Å². The van der Waals surface area contributed by atoms with Crippen molar-refractivity contribution in [1.29, 1.82) is 0 Å². The molecule has 4 aromatic rings. The Labute approximate surface area is 194 Å². The lowest BCUT2D eigenvalue weighted by Crippen LogP contribution is -2.21. The van der Waals surface area contributed by atoms with Gasteiger partial charge < -0.3 is 19.8 Å². The molecule has 0 fully saturated rings. The average Bonchev–Trinajstić information content (AvgIpc) is 3.22. The van der Waals surface area contributed by atoms with Crippen molar-refractivity contribution in [1.82, 2.24) is 4.98 Å². The predicted octanol–water partition coefficient (Wildman–Crippen LogP) is 5.24. The van der Waals surface area contributed by atoms with Gasteiger partial charge in [-0.05, 0) is 60.0 Å². The van der Waals surface area contributed by atoms with Gasteiger partial charge in [-0.3, -0.25) is 9.59 Å². The molecule has 4 rings (SSSR count). The van der Waals surface area contributed by atoms with Gasteiger partial charge in [-0.15, -0.1) is 0 Å². The van der Waals surface area contributed by atoms with Crippen LogP contribution in [0.2, 0.25) is 0 Å². The van der Waals surface area contributed by atoms with E-state index >= 15 is 0 Å². The fourth-order valence-corrected chi connectivity index (χ4v) is 3.69. The number of hydrogen-bond acceptors (Lipinski definition) is 4. The molecule has 0 bridgehead atoms. The lowest BCUT2D eigenvalue weighted by Gasteiger charge is -2.09. The highest BCUT2D eigenvalue weighted by Gasteiger charge is 2.16. The molecule has 0 atom stereocenters. The van der Waals surface area contributed by atoms with Crippen LogP contribution in [0, 0.1) is 11.6 Å². The van der Waals surface area contributed by atoms with Crippen molar-refractivity contribution in [2.45, 2.75) is 12.8 Å².